The van der Waals surface area contributed by atoms with Gasteiger partial charge in [-0.3, -0.25) is 14.4 Å². The molecule has 0 saturated heterocycles. The Bertz CT molecular complexity index is 1730. The molecule has 0 saturated carbocycles. The Morgan fingerprint density at radius 3 is 1.46 bits per heavy atom. The maximum atomic E-state index is 10.8. The molecule has 3 heterocycles. The molecule has 0 aromatic heterocycles. The van der Waals surface area contributed by atoms with Crippen LogP contribution in [0.25, 0.3) is 12.2 Å². The second kappa shape index (κ2) is 13.2. The number of ether oxygens (including phenoxy) is 3. The maximum Gasteiger partial charge on any atom is 0.304 e. The topological polar surface area (TPSA) is 140 Å². The van der Waals surface area contributed by atoms with Crippen molar-refractivity contribution >= 4 is 30.1 Å². The van der Waals surface area contributed by atoms with Crippen molar-refractivity contribution in [3.63, 3.8) is 0 Å². The maximum absolute atomic E-state index is 10.8. The fraction of sp³-hybridized carbons (Fsp3) is 0.359. The van der Waals surface area contributed by atoms with Crippen LogP contribution in [0.1, 0.15) is 93.5 Å². The van der Waals surface area contributed by atoms with E-state index in [0.717, 1.165) is 78.2 Å². The van der Waals surface area contributed by atoms with Gasteiger partial charge in [0.05, 0.1) is 39.1 Å². The number of carboxylic acids is 3. The standard InChI is InChI=1S/C13H14O3.2C13H12O3/c3*14-12(15)7-9-2-1-8-3-4-11-10(13(8)9)5-6-16-11/h3-4,9H,1-2,5-7H2,(H,14,15);2*1-4,9H,5-7H2,(H,14,15)/t2*9-;/m01./s1. The number of fused-ring (bicyclic) bond motifs is 9. The summed E-state index contributed by atoms with van der Waals surface area (Å²) in [5.41, 5.74) is 10.9. The van der Waals surface area contributed by atoms with E-state index in [4.69, 9.17) is 29.5 Å². The van der Waals surface area contributed by atoms with Crippen molar-refractivity contribution in [3.05, 3.63) is 98.6 Å². The van der Waals surface area contributed by atoms with Crippen molar-refractivity contribution in [2.75, 3.05) is 19.8 Å². The lowest BCUT2D eigenvalue weighted by Crippen LogP contribution is -2.05. The summed E-state index contributed by atoms with van der Waals surface area (Å²) >= 11 is 0. The molecule has 3 atom stereocenters. The number of allylic oxidation sites excluding steroid dienone is 2. The molecule has 9 heteroatoms. The quantitative estimate of drug-likeness (QED) is 0.271. The number of benzene rings is 3. The third-order valence-electron chi connectivity index (χ3n) is 10.1. The molecule has 9 nitrogen and oxygen atoms in total. The number of hydrogen-bond acceptors (Lipinski definition) is 6. The molecule has 248 valence electrons. The first-order chi connectivity index (χ1) is 23.3. The number of carboxylic acid groups (broad SMARTS) is 3. The highest BCUT2D eigenvalue weighted by atomic mass is 16.5. The summed E-state index contributed by atoms with van der Waals surface area (Å²) in [5, 5.41) is 26.7. The van der Waals surface area contributed by atoms with Crippen molar-refractivity contribution in [1.29, 1.82) is 0 Å². The zero-order valence-electron chi connectivity index (χ0n) is 26.6. The molecule has 3 aliphatic heterocycles. The molecule has 0 radical (unpaired) electrons. The van der Waals surface area contributed by atoms with Crippen LogP contribution in [0.15, 0.2) is 48.6 Å². The van der Waals surface area contributed by atoms with Crippen LogP contribution < -0.4 is 14.2 Å². The fourth-order valence-electron chi connectivity index (χ4n) is 8.12. The monoisotopic (exact) mass is 650 g/mol. The normalized spacial score (nSPS) is 20.7. The molecule has 9 rings (SSSR count). The van der Waals surface area contributed by atoms with Crippen molar-refractivity contribution < 1.29 is 43.9 Å². The highest BCUT2D eigenvalue weighted by Gasteiger charge is 2.31. The molecule has 0 fully saturated rings. The highest BCUT2D eigenvalue weighted by Crippen LogP contribution is 2.44. The van der Waals surface area contributed by atoms with Crippen molar-refractivity contribution in [1.82, 2.24) is 0 Å². The van der Waals surface area contributed by atoms with Gasteiger partial charge in [0, 0.05) is 47.8 Å². The fourth-order valence-corrected chi connectivity index (χ4v) is 8.12. The van der Waals surface area contributed by atoms with E-state index in [1.807, 2.05) is 54.6 Å². The number of carbonyl (C=O) groups is 3. The van der Waals surface area contributed by atoms with Gasteiger partial charge in [0.1, 0.15) is 17.2 Å². The summed E-state index contributed by atoms with van der Waals surface area (Å²) in [6.07, 6.45) is 13.3. The molecule has 6 aliphatic rings. The Labute approximate surface area is 278 Å². The second-order valence-corrected chi connectivity index (χ2v) is 13.0. The van der Waals surface area contributed by atoms with E-state index in [-0.39, 0.29) is 37.0 Å². The van der Waals surface area contributed by atoms with Gasteiger partial charge in [0.25, 0.3) is 0 Å². The third-order valence-corrected chi connectivity index (χ3v) is 10.1. The molecule has 0 bridgehead atoms. The Morgan fingerprint density at radius 1 is 0.562 bits per heavy atom. The van der Waals surface area contributed by atoms with Crippen LogP contribution in [-0.4, -0.2) is 53.0 Å². The van der Waals surface area contributed by atoms with Gasteiger partial charge in [-0.25, -0.2) is 0 Å². The molecule has 0 spiro atoms. The Balaban J connectivity index is 0.000000114. The van der Waals surface area contributed by atoms with E-state index < -0.39 is 17.9 Å². The van der Waals surface area contributed by atoms with Crippen molar-refractivity contribution in [2.24, 2.45) is 0 Å². The van der Waals surface area contributed by atoms with Crippen LogP contribution in [0.5, 0.6) is 17.2 Å². The van der Waals surface area contributed by atoms with E-state index in [2.05, 4.69) is 6.07 Å². The van der Waals surface area contributed by atoms with Gasteiger partial charge in [-0.2, -0.15) is 0 Å². The average Bonchev–Trinajstić information content (AvgIpc) is 3.88. The van der Waals surface area contributed by atoms with Crippen molar-refractivity contribution in [2.45, 2.75) is 69.1 Å². The summed E-state index contributed by atoms with van der Waals surface area (Å²) in [6.45, 7) is 2.17. The number of aryl methyl sites for hydroxylation is 1. The zero-order chi connectivity index (χ0) is 33.4. The third kappa shape index (κ3) is 6.17. The molecule has 48 heavy (non-hydrogen) atoms. The lowest BCUT2D eigenvalue weighted by molar-refractivity contribution is -0.138. The van der Waals surface area contributed by atoms with Crippen LogP contribution in [-0.2, 0) is 40.1 Å². The van der Waals surface area contributed by atoms with E-state index in [0.29, 0.717) is 13.2 Å². The number of aliphatic carboxylic acids is 3. The van der Waals surface area contributed by atoms with Crippen LogP contribution in [0.4, 0.5) is 0 Å². The summed E-state index contributed by atoms with van der Waals surface area (Å²) in [6, 6.07) is 12.1. The minimum absolute atomic E-state index is 0.0177. The van der Waals surface area contributed by atoms with E-state index in [9.17, 15) is 14.4 Å². The lowest BCUT2D eigenvalue weighted by atomic mass is 9.91. The predicted octanol–water partition coefficient (Wildman–Crippen LogP) is 6.54. The first kappa shape index (κ1) is 31.5. The van der Waals surface area contributed by atoms with E-state index in [1.54, 1.807) is 0 Å². The highest BCUT2D eigenvalue weighted by molar-refractivity contribution is 5.75. The van der Waals surface area contributed by atoms with Gasteiger partial charge in [0.15, 0.2) is 0 Å². The molecule has 3 N–H and O–H groups in total. The Hall–Kier alpha value is -5.05. The van der Waals surface area contributed by atoms with Gasteiger partial charge in [-0.1, -0.05) is 42.5 Å². The van der Waals surface area contributed by atoms with Gasteiger partial charge in [-0.05, 0) is 70.3 Å². The minimum Gasteiger partial charge on any atom is -0.493 e. The number of hydrogen-bond donors (Lipinski definition) is 3. The SMILES string of the molecule is O=C(O)CC1C=Cc2ccc3c(c21)CCO3.O=C(O)C[C@@H]1CCc2ccc3c(c21)CCO3.O=C(O)C[C@H]1C=Cc2ccc3c(c21)CCO3. The largest absolute Gasteiger partial charge is 0.493 e. The van der Waals surface area contributed by atoms with E-state index in [1.165, 1.54) is 27.8 Å². The van der Waals surface area contributed by atoms with Gasteiger partial charge in [-0.15, -0.1) is 0 Å². The van der Waals surface area contributed by atoms with Gasteiger partial charge < -0.3 is 29.5 Å². The Kier molecular flexibility index (Phi) is 8.69. The minimum atomic E-state index is -0.751. The zero-order valence-corrected chi connectivity index (χ0v) is 26.6. The van der Waals surface area contributed by atoms with Crippen LogP contribution in [0, 0.1) is 0 Å². The summed E-state index contributed by atoms with van der Waals surface area (Å²) in [7, 11) is 0. The van der Waals surface area contributed by atoms with Crippen molar-refractivity contribution in [3.8, 4) is 17.2 Å². The van der Waals surface area contributed by atoms with Crippen LogP contribution in [0.3, 0.4) is 0 Å². The molecular formula is C39H38O9. The molecule has 0 amide bonds. The molecular weight excluding hydrogens is 612 g/mol. The average molecular weight is 651 g/mol. The van der Waals surface area contributed by atoms with Crippen LogP contribution >= 0.6 is 0 Å². The summed E-state index contributed by atoms with van der Waals surface area (Å²) in [5.74, 6) is 0.858. The van der Waals surface area contributed by atoms with Gasteiger partial charge >= 0.3 is 17.9 Å². The van der Waals surface area contributed by atoms with Gasteiger partial charge in [0.2, 0.25) is 0 Å². The summed E-state index contributed by atoms with van der Waals surface area (Å²) in [4.78, 5) is 32.4. The lowest BCUT2D eigenvalue weighted by Gasteiger charge is -2.12. The molecule has 3 aromatic rings. The van der Waals surface area contributed by atoms with Crippen LogP contribution in [0.2, 0.25) is 0 Å². The molecule has 3 aromatic carbocycles. The Morgan fingerprint density at radius 2 is 1.00 bits per heavy atom. The summed E-state index contributed by atoms with van der Waals surface area (Å²) < 4.78 is 16.5. The molecule has 1 unspecified atom stereocenters. The first-order valence-corrected chi connectivity index (χ1v) is 16.6. The van der Waals surface area contributed by atoms with E-state index >= 15 is 0 Å². The molecule has 3 aliphatic carbocycles. The smallest absolute Gasteiger partial charge is 0.304 e. The second-order valence-electron chi connectivity index (χ2n) is 13.0. The predicted molar refractivity (Wildman–Crippen MR) is 178 cm³/mol. The number of rotatable bonds is 6. The first-order valence-electron chi connectivity index (χ1n) is 16.6.